The molecule has 1 fully saturated rings. The van der Waals surface area contributed by atoms with Crippen LogP contribution in [0.5, 0.6) is 0 Å². The van der Waals surface area contributed by atoms with Crippen LogP contribution in [0.1, 0.15) is 30.4 Å². The summed E-state index contributed by atoms with van der Waals surface area (Å²) >= 11 is 0. The number of amides is 1. The van der Waals surface area contributed by atoms with Gasteiger partial charge in [0.1, 0.15) is 11.6 Å². The molecule has 3 rings (SSSR count). The number of carbonyl (C=O) groups excluding carboxylic acids is 2. The molecule has 1 aliphatic rings. The van der Waals surface area contributed by atoms with Crippen molar-refractivity contribution in [3.8, 4) is 0 Å². The van der Waals surface area contributed by atoms with Crippen LogP contribution in [0.3, 0.4) is 0 Å². The van der Waals surface area contributed by atoms with Crippen LogP contribution in [0.15, 0.2) is 48.5 Å². The van der Waals surface area contributed by atoms with Crippen molar-refractivity contribution in [1.82, 2.24) is 5.32 Å². The Morgan fingerprint density at radius 1 is 0.963 bits per heavy atom. The molecular formula is C21H21F2NO3. The molecule has 4 nitrogen and oxygen atoms in total. The molecule has 0 saturated heterocycles. The van der Waals surface area contributed by atoms with Gasteiger partial charge in [-0.1, -0.05) is 30.7 Å². The number of hydrogen-bond donors (Lipinski definition) is 1. The van der Waals surface area contributed by atoms with Gasteiger partial charge >= 0.3 is 5.97 Å². The van der Waals surface area contributed by atoms with Crippen molar-refractivity contribution in [3.05, 3.63) is 71.3 Å². The quantitative estimate of drug-likeness (QED) is 0.758. The van der Waals surface area contributed by atoms with Crippen molar-refractivity contribution in [2.45, 2.75) is 31.1 Å². The predicted octanol–water partition coefficient (Wildman–Crippen LogP) is 3.29. The Morgan fingerprint density at radius 3 is 2.11 bits per heavy atom. The minimum Gasteiger partial charge on any atom is -0.455 e. The van der Waals surface area contributed by atoms with E-state index in [-0.39, 0.29) is 24.1 Å². The smallest absolute Gasteiger partial charge is 0.317 e. The Bertz CT molecular complexity index is 799. The summed E-state index contributed by atoms with van der Waals surface area (Å²) in [5.74, 6) is -1.50. The number of rotatable bonds is 7. The van der Waals surface area contributed by atoms with E-state index in [4.69, 9.17) is 4.74 Å². The van der Waals surface area contributed by atoms with Crippen molar-refractivity contribution in [2.75, 3.05) is 13.2 Å². The third-order valence-electron chi connectivity index (χ3n) is 4.98. The fraction of sp³-hybridized carbons (Fsp3) is 0.333. The van der Waals surface area contributed by atoms with E-state index < -0.39 is 11.4 Å². The molecule has 0 bridgehead atoms. The Labute approximate surface area is 156 Å². The van der Waals surface area contributed by atoms with Gasteiger partial charge in [-0.25, -0.2) is 8.78 Å². The van der Waals surface area contributed by atoms with E-state index in [9.17, 15) is 18.4 Å². The minimum atomic E-state index is -0.776. The summed E-state index contributed by atoms with van der Waals surface area (Å²) in [7, 11) is 0. The standard InChI is InChI=1S/C21H21F2NO3/c22-17-6-2-15(3-7-17)10-13-24-19(25)14-27-20(26)21(11-1-12-21)16-4-8-18(23)9-5-16/h2-9H,1,10-14H2,(H,24,25). The van der Waals surface area contributed by atoms with Gasteiger partial charge in [-0.05, 0) is 54.7 Å². The molecule has 2 aromatic rings. The van der Waals surface area contributed by atoms with Crippen LogP contribution in [0.25, 0.3) is 0 Å². The van der Waals surface area contributed by atoms with Crippen LogP contribution in [0, 0.1) is 11.6 Å². The summed E-state index contributed by atoms with van der Waals surface area (Å²) in [4.78, 5) is 24.4. The SMILES string of the molecule is O=C(COC(=O)C1(c2ccc(F)cc2)CCC1)NCCc1ccc(F)cc1. The predicted molar refractivity (Wildman–Crippen MR) is 96.0 cm³/mol. The van der Waals surface area contributed by atoms with Crippen molar-refractivity contribution in [1.29, 1.82) is 0 Å². The molecular weight excluding hydrogens is 352 g/mol. The summed E-state index contributed by atoms with van der Waals surface area (Å²) in [6, 6.07) is 11.9. The van der Waals surface area contributed by atoms with Crippen molar-refractivity contribution >= 4 is 11.9 Å². The first kappa shape index (κ1) is 19.0. The van der Waals surface area contributed by atoms with Gasteiger partial charge in [0.25, 0.3) is 5.91 Å². The molecule has 0 unspecified atom stereocenters. The van der Waals surface area contributed by atoms with E-state index in [0.29, 0.717) is 25.8 Å². The number of halogens is 2. The van der Waals surface area contributed by atoms with Crippen LogP contribution in [-0.4, -0.2) is 25.0 Å². The molecule has 0 atom stereocenters. The molecule has 0 aliphatic heterocycles. The summed E-state index contributed by atoms with van der Waals surface area (Å²) < 4.78 is 31.2. The number of hydrogen-bond acceptors (Lipinski definition) is 3. The number of carbonyl (C=O) groups is 2. The van der Waals surface area contributed by atoms with E-state index in [1.54, 1.807) is 24.3 Å². The summed E-state index contributed by atoms with van der Waals surface area (Å²) in [6.07, 6.45) is 2.70. The normalized spacial score (nSPS) is 14.9. The number of ether oxygens (including phenoxy) is 1. The topological polar surface area (TPSA) is 55.4 Å². The van der Waals surface area contributed by atoms with Gasteiger partial charge in [-0.3, -0.25) is 9.59 Å². The van der Waals surface area contributed by atoms with Crippen LogP contribution in [0.2, 0.25) is 0 Å². The van der Waals surface area contributed by atoms with Gasteiger partial charge in [0.2, 0.25) is 0 Å². The second-order valence-corrected chi connectivity index (χ2v) is 6.75. The molecule has 1 saturated carbocycles. The monoisotopic (exact) mass is 373 g/mol. The second kappa shape index (κ2) is 8.29. The maximum atomic E-state index is 13.1. The fourth-order valence-electron chi connectivity index (χ4n) is 3.23. The van der Waals surface area contributed by atoms with Crippen molar-refractivity contribution in [2.24, 2.45) is 0 Å². The zero-order chi connectivity index (χ0) is 19.3. The van der Waals surface area contributed by atoms with Crippen molar-refractivity contribution in [3.63, 3.8) is 0 Å². The highest BCUT2D eigenvalue weighted by molar-refractivity contribution is 5.87. The molecule has 6 heteroatoms. The molecule has 0 radical (unpaired) electrons. The highest BCUT2D eigenvalue weighted by Gasteiger charge is 2.47. The van der Waals surface area contributed by atoms with Crippen LogP contribution in [-0.2, 0) is 26.2 Å². The Hall–Kier alpha value is -2.76. The van der Waals surface area contributed by atoms with Gasteiger partial charge < -0.3 is 10.1 Å². The van der Waals surface area contributed by atoms with Gasteiger partial charge in [0, 0.05) is 6.54 Å². The van der Waals surface area contributed by atoms with E-state index in [1.165, 1.54) is 24.3 Å². The lowest BCUT2D eigenvalue weighted by Gasteiger charge is -2.39. The summed E-state index contributed by atoms with van der Waals surface area (Å²) in [5, 5.41) is 2.68. The van der Waals surface area contributed by atoms with Gasteiger partial charge in [-0.15, -0.1) is 0 Å². The number of benzene rings is 2. The zero-order valence-corrected chi connectivity index (χ0v) is 14.8. The highest BCUT2D eigenvalue weighted by atomic mass is 19.1. The second-order valence-electron chi connectivity index (χ2n) is 6.75. The molecule has 0 heterocycles. The highest BCUT2D eigenvalue weighted by Crippen LogP contribution is 2.44. The molecule has 0 spiro atoms. The summed E-state index contributed by atoms with van der Waals surface area (Å²) in [6.45, 7) is 0.0102. The van der Waals surface area contributed by atoms with E-state index >= 15 is 0 Å². The lowest BCUT2D eigenvalue weighted by Crippen LogP contribution is -2.45. The molecule has 142 valence electrons. The molecule has 1 N–H and O–H groups in total. The van der Waals surface area contributed by atoms with E-state index in [0.717, 1.165) is 17.5 Å². The van der Waals surface area contributed by atoms with Gasteiger partial charge in [0.15, 0.2) is 6.61 Å². The average Bonchev–Trinajstić information content (AvgIpc) is 2.62. The van der Waals surface area contributed by atoms with Crippen LogP contribution >= 0.6 is 0 Å². The molecule has 0 aromatic heterocycles. The lowest BCUT2D eigenvalue weighted by atomic mass is 9.64. The average molecular weight is 373 g/mol. The zero-order valence-electron chi connectivity index (χ0n) is 14.8. The van der Waals surface area contributed by atoms with E-state index in [2.05, 4.69) is 5.32 Å². The first-order valence-electron chi connectivity index (χ1n) is 8.94. The lowest BCUT2D eigenvalue weighted by molar-refractivity contribution is -0.157. The Morgan fingerprint density at radius 2 is 1.56 bits per heavy atom. The molecule has 27 heavy (non-hydrogen) atoms. The minimum absolute atomic E-state index is 0.305. The number of nitrogens with one attached hydrogen (secondary N) is 1. The van der Waals surface area contributed by atoms with E-state index in [1.807, 2.05) is 0 Å². The Kier molecular flexibility index (Phi) is 5.84. The maximum absolute atomic E-state index is 13.1. The van der Waals surface area contributed by atoms with Crippen LogP contribution < -0.4 is 5.32 Å². The molecule has 2 aromatic carbocycles. The Balaban J connectivity index is 1.47. The third-order valence-corrected chi connectivity index (χ3v) is 4.98. The first-order valence-corrected chi connectivity index (χ1v) is 8.94. The van der Waals surface area contributed by atoms with Gasteiger partial charge in [0.05, 0.1) is 5.41 Å². The van der Waals surface area contributed by atoms with Crippen molar-refractivity contribution < 1.29 is 23.1 Å². The third kappa shape index (κ3) is 4.51. The van der Waals surface area contributed by atoms with Crippen LogP contribution in [0.4, 0.5) is 8.78 Å². The largest absolute Gasteiger partial charge is 0.455 e. The summed E-state index contributed by atoms with van der Waals surface area (Å²) in [5.41, 5.74) is 0.845. The first-order chi connectivity index (χ1) is 13.0. The maximum Gasteiger partial charge on any atom is 0.317 e. The molecule has 1 aliphatic carbocycles. The fourth-order valence-corrected chi connectivity index (χ4v) is 3.23. The number of esters is 1. The molecule has 1 amide bonds. The van der Waals surface area contributed by atoms with Gasteiger partial charge in [-0.2, -0.15) is 0 Å².